The molecular formula is C7H5BrCl2. The Balaban J connectivity index is 3.03. The van der Waals surface area contributed by atoms with E-state index in [2.05, 4.69) is 15.9 Å². The van der Waals surface area contributed by atoms with Crippen LogP contribution in [0.25, 0.3) is 0 Å². The molecule has 0 aliphatic carbocycles. The van der Waals surface area contributed by atoms with Crippen molar-refractivity contribution >= 4 is 39.1 Å². The van der Waals surface area contributed by atoms with Gasteiger partial charge in [-0.3, -0.25) is 0 Å². The molecule has 0 saturated heterocycles. The second-order valence-corrected chi connectivity index (χ2v) is 4.11. The van der Waals surface area contributed by atoms with Crippen molar-refractivity contribution in [1.29, 1.82) is 0 Å². The molecule has 0 nitrogen and oxygen atoms in total. The summed E-state index contributed by atoms with van der Waals surface area (Å²) in [4.78, 5) is 0. The largest absolute Gasteiger partial charge is 0.115 e. The molecule has 0 radical (unpaired) electrons. The van der Waals surface area contributed by atoms with Crippen LogP contribution in [0.4, 0.5) is 0 Å². The van der Waals surface area contributed by atoms with Crippen LogP contribution in [0.3, 0.4) is 0 Å². The quantitative estimate of drug-likeness (QED) is 0.651. The summed E-state index contributed by atoms with van der Waals surface area (Å²) in [6, 6.07) is 7.47. The monoisotopic (exact) mass is 238 g/mol. The van der Waals surface area contributed by atoms with Crippen LogP contribution in [0.15, 0.2) is 24.3 Å². The van der Waals surface area contributed by atoms with Gasteiger partial charge >= 0.3 is 0 Å². The highest BCUT2D eigenvalue weighted by Crippen LogP contribution is 2.31. The maximum atomic E-state index is 5.80. The average Bonchev–Trinajstić information content (AvgIpc) is 1.88. The average molecular weight is 240 g/mol. The summed E-state index contributed by atoms with van der Waals surface area (Å²) in [6.45, 7) is 0. The van der Waals surface area contributed by atoms with E-state index in [1.165, 1.54) is 0 Å². The van der Waals surface area contributed by atoms with Gasteiger partial charge in [-0.05, 0) is 11.6 Å². The molecule has 0 heterocycles. The van der Waals surface area contributed by atoms with Crippen molar-refractivity contribution in [1.82, 2.24) is 0 Å². The fourth-order valence-corrected chi connectivity index (χ4v) is 1.67. The lowest BCUT2D eigenvalue weighted by molar-refractivity contribution is 1.39. The number of rotatable bonds is 1. The summed E-state index contributed by atoms with van der Waals surface area (Å²) in [5.74, 6) is 0. The van der Waals surface area contributed by atoms with E-state index in [1.807, 2.05) is 24.3 Å². The number of halogens is 3. The van der Waals surface area contributed by atoms with Gasteiger partial charge in [0.1, 0.15) is 4.29 Å². The molecule has 1 aromatic carbocycles. The number of alkyl halides is 2. The molecule has 3 heteroatoms. The summed E-state index contributed by atoms with van der Waals surface area (Å²) >= 11 is 14.8. The normalized spacial score (nSPS) is 13.1. The standard InChI is InChI=1S/C7H5BrCl2/c8-7(10)5-3-1-2-4-6(5)9/h1-4,7H. The number of hydrogen-bond donors (Lipinski definition) is 0. The predicted molar refractivity (Wildman–Crippen MR) is 49.0 cm³/mol. The van der Waals surface area contributed by atoms with Crippen LogP contribution in [-0.4, -0.2) is 0 Å². The molecule has 0 aromatic heterocycles. The fourth-order valence-electron chi connectivity index (χ4n) is 0.652. The van der Waals surface area contributed by atoms with Crippen molar-refractivity contribution < 1.29 is 0 Å². The van der Waals surface area contributed by atoms with E-state index in [4.69, 9.17) is 23.2 Å². The Morgan fingerprint density at radius 1 is 1.30 bits per heavy atom. The topological polar surface area (TPSA) is 0 Å². The first-order valence-corrected chi connectivity index (χ1v) is 4.47. The van der Waals surface area contributed by atoms with E-state index in [1.54, 1.807) is 0 Å². The van der Waals surface area contributed by atoms with Crippen molar-refractivity contribution in [3.63, 3.8) is 0 Å². The highest BCUT2D eigenvalue weighted by atomic mass is 79.9. The minimum absolute atomic E-state index is 0.193. The number of benzene rings is 1. The zero-order valence-corrected chi connectivity index (χ0v) is 8.12. The molecule has 1 aromatic rings. The third-order valence-electron chi connectivity index (χ3n) is 1.14. The fraction of sp³-hybridized carbons (Fsp3) is 0.143. The summed E-state index contributed by atoms with van der Waals surface area (Å²) in [5.41, 5.74) is 0.908. The van der Waals surface area contributed by atoms with Crippen LogP contribution in [-0.2, 0) is 0 Å². The molecule has 0 aliphatic heterocycles. The molecular weight excluding hydrogens is 235 g/mol. The minimum Gasteiger partial charge on any atom is -0.105 e. The molecule has 0 spiro atoms. The van der Waals surface area contributed by atoms with E-state index in [-0.39, 0.29) is 4.29 Å². The second kappa shape index (κ2) is 3.61. The third kappa shape index (κ3) is 1.88. The molecule has 1 unspecified atom stereocenters. The SMILES string of the molecule is Clc1ccccc1C(Cl)Br. The van der Waals surface area contributed by atoms with Gasteiger partial charge in [-0.15, -0.1) is 11.6 Å². The molecule has 0 N–H and O–H groups in total. The highest BCUT2D eigenvalue weighted by molar-refractivity contribution is 9.09. The van der Waals surface area contributed by atoms with Gasteiger partial charge in [0.2, 0.25) is 0 Å². The van der Waals surface area contributed by atoms with Crippen molar-refractivity contribution in [2.75, 3.05) is 0 Å². The van der Waals surface area contributed by atoms with Gasteiger partial charge in [0.25, 0.3) is 0 Å². The first-order chi connectivity index (χ1) is 4.72. The van der Waals surface area contributed by atoms with Gasteiger partial charge in [0, 0.05) is 5.02 Å². The van der Waals surface area contributed by atoms with Crippen molar-refractivity contribution in [2.24, 2.45) is 0 Å². The van der Waals surface area contributed by atoms with E-state index >= 15 is 0 Å². The smallest absolute Gasteiger partial charge is 0.105 e. The lowest BCUT2D eigenvalue weighted by atomic mass is 10.2. The van der Waals surface area contributed by atoms with E-state index in [0.29, 0.717) is 5.02 Å². The van der Waals surface area contributed by atoms with Crippen LogP contribution in [0.1, 0.15) is 9.85 Å². The Kier molecular flexibility index (Phi) is 3.02. The highest BCUT2D eigenvalue weighted by Gasteiger charge is 2.05. The lowest BCUT2D eigenvalue weighted by Gasteiger charge is -2.02. The summed E-state index contributed by atoms with van der Waals surface area (Å²) in [6.07, 6.45) is 0. The van der Waals surface area contributed by atoms with Gasteiger partial charge in [0.05, 0.1) is 0 Å². The molecule has 0 aliphatic rings. The molecule has 54 valence electrons. The number of hydrogen-bond acceptors (Lipinski definition) is 0. The maximum Gasteiger partial charge on any atom is 0.115 e. The Hall–Kier alpha value is 0.280. The zero-order chi connectivity index (χ0) is 7.56. The molecule has 1 rings (SSSR count). The van der Waals surface area contributed by atoms with Crippen LogP contribution in [0.5, 0.6) is 0 Å². The van der Waals surface area contributed by atoms with Gasteiger partial charge in [0.15, 0.2) is 0 Å². The molecule has 0 saturated carbocycles. The van der Waals surface area contributed by atoms with Crippen molar-refractivity contribution in [3.8, 4) is 0 Å². The van der Waals surface area contributed by atoms with Crippen LogP contribution >= 0.6 is 39.1 Å². The third-order valence-corrected chi connectivity index (χ3v) is 2.21. The lowest BCUT2D eigenvalue weighted by Crippen LogP contribution is -1.80. The molecule has 10 heavy (non-hydrogen) atoms. The molecule has 0 fully saturated rings. The minimum atomic E-state index is -0.193. The zero-order valence-electron chi connectivity index (χ0n) is 5.02. The summed E-state index contributed by atoms with van der Waals surface area (Å²) < 4.78 is -0.193. The Bertz CT molecular complexity index is 223. The Labute approximate surface area is 78.3 Å². The second-order valence-electron chi connectivity index (χ2n) is 1.82. The van der Waals surface area contributed by atoms with Crippen molar-refractivity contribution in [2.45, 2.75) is 4.29 Å². The van der Waals surface area contributed by atoms with E-state index < -0.39 is 0 Å². The van der Waals surface area contributed by atoms with Gasteiger partial charge in [-0.1, -0.05) is 45.7 Å². The van der Waals surface area contributed by atoms with Gasteiger partial charge in [-0.25, -0.2) is 0 Å². The summed E-state index contributed by atoms with van der Waals surface area (Å²) in [7, 11) is 0. The molecule has 0 amide bonds. The molecule has 1 atom stereocenters. The Morgan fingerprint density at radius 3 is 2.30 bits per heavy atom. The first-order valence-electron chi connectivity index (χ1n) is 2.74. The summed E-state index contributed by atoms with van der Waals surface area (Å²) in [5, 5.41) is 0.694. The molecule has 0 bridgehead atoms. The first kappa shape index (κ1) is 8.38. The van der Waals surface area contributed by atoms with Gasteiger partial charge < -0.3 is 0 Å². The van der Waals surface area contributed by atoms with Crippen LogP contribution in [0.2, 0.25) is 5.02 Å². The predicted octanol–water partition coefficient (Wildman–Crippen LogP) is 3.97. The van der Waals surface area contributed by atoms with Crippen LogP contribution in [0, 0.1) is 0 Å². The Morgan fingerprint density at radius 2 is 1.90 bits per heavy atom. The van der Waals surface area contributed by atoms with Crippen LogP contribution < -0.4 is 0 Å². The van der Waals surface area contributed by atoms with E-state index in [9.17, 15) is 0 Å². The maximum absolute atomic E-state index is 5.80. The van der Waals surface area contributed by atoms with E-state index in [0.717, 1.165) is 5.56 Å². The van der Waals surface area contributed by atoms with Gasteiger partial charge in [-0.2, -0.15) is 0 Å². The van der Waals surface area contributed by atoms with Crippen molar-refractivity contribution in [3.05, 3.63) is 34.9 Å².